The summed E-state index contributed by atoms with van der Waals surface area (Å²) in [6.45, 7) is 4.51. The monoisotopic (exact) mass is 285 g/mol. The molecule has 1 rings (SSSR count). The van der Waals surface area contributed by atoms with Crippen LogP contribution in [0.25, 0.3) is 0 Å². The first-order valence-electron chi connectivity index (χ1n) is 5.71. The van der Waals surface area contributed by atoms with Gasteiger partial charge >= 0.3 is 5.97 Å². The predicted octanol–water partition coefficient (Wildman–Crippen LogP) is 2.09. The van der Waals surface area contributed by atoms with Crippen molar-refractivity contribution in [2.24, 2.45) is 0 Å². The summed E-state index contributed by atoms with van der Waals surface area (Å²) in [5.74, 6) is -1.12. The van der Waals surface area contributed by atoms with Crippen LogP contribution in [0, 0.1) is 0 Å². The number of carboxylic acid groups (broad SMARTS) is 1. The molecule has 2 N–H and O–H groups in total. The van der Waals surface area contributed by atoms with Crippen LogP contribution in [0.1, 0.15) is 20.8 Å². The molecule has 0 unspecified atom stereocenters. The van der Waals surface area contributed by atoms with E-state index in [1.54, 1.807) is 38.1 Å². The molecule has 0 bridgehead atoms. The van der Waals surface area contributed by atoms with Crippen LogP contribution in [0.15, 0.2) is 24.3 Å². The van der Waals surface area contributed by atoms with Gasteiger partial charge in [0.05, 0.1) is 0 Å². The minimum atomic E-state index is -1.18. The number of amides is 1. The summed E-state index contributed by atoms with van der Waals surface area (Å²) in [6.07, 6.45) is 0. The largest absolute Gasteiger partial charge is 0.480 e. The van der Waals surface area contributed by atoms with Crippen molar-refractivity contribution in [1.82, 2.24) is 5.32 Å². The Morgan fingerprint density at radius 1 is 1.32 bits per heavy atom. The van der Waals surface area contributed by atoms with Crippen molar-refractivity contribution < 1.29 is 19.4 Å². The van der Waals surface area contributed by atoms with Gasteiger partial charge in [-0.1, -0.05) is 11.6 Å². The molecule has 1 amide bonds. The molecule has 0 saturated heterocycles. The zero-order chi connectivity index (χ0) is 14.6. The van der Waals surface area contributed by atoms with E-state index in [1.807, 2.05) is 0 Å². The third-order valence-corrected chi connectivity index (χ3v) is 2.70. The van der Waals surface area contributed by atoms with Crippen LogP contribution in [0.2, 0.25) is 5.02 Å². The molecule has 0 saturated carbocycles. The number of halogens is 1. The number of aliphatic carboxylic acids is 1. The number of rotatable bonds is 5. The van der Waals surface area contributed by atoms with Crippen LogP contribution in [0.5, 0.6) is 5.75 Å². The lowest BCUT2D eigenvalue weighted by atomic mass is 10.1. The summed E-state index contributed by atoms with van der Waals surface area (Å²) in [7, 11) is 0. The molecule has 0 aliphatic rings. The van der Waals surface area contributed by atoms with E-state index in [1.165, 1.54) is 6.92 Å². The van der Waals surface area contributed by atoms with E-state index < -0.39 is 23.5 Å². The number of carbonyl (C=O) groups excluding carboxylic acids is 1. The minimum absolute atomic E-state index is 0.479. The summed E-state index contributed by atoms with van der Waals surface area (Å²) in [5.41, 5.74) is -1.18. The summed E-state index contributed by atoms with van der Waals surface area (Å²) >= 11 is 5.75. The SMILES string of the molecule is C[C@@H](NC(=O)C(C)(C)Oc1ccc(Cl)cc1)C(=O)O. The highest BCUT2D eigenvalue weighted by Gasteiger charge is 2.32. The molecule has 5 nitrogen and oxygen atoms in total. The fourth-order valence-corrected chi connectivity index (χ4v) is 1.40. The van der Waals surface area contributed by atoms with Gasteiger partial charge in [0.15, 0.2) is 5.60 Å². The first-order valence-corrected chi connectivity index (χ1v) is 6.08. The van der Waals surface area contributed by atoms with E-state index in [0.29, 0.717) is 10.8 Å². The first-order chi connectivity index (χ1) is 8.72. The highest BCUT2D eigenvalue weighted by atomic mass is 35.5. The number of hydrogen-bond acceptors (Lipinski definition) is 3. The van der Waals surface area contributed by atoms with Gasteiger partial charge in [-0.25, -0.2) is 0 Å². The van der Waals surface area contributed by atoms with Gasteiger partial charge in [-0.05, 0) is 45.0 Å². The van der Waals surface area contributed by atoms with Crippen LogP contribution >= 0.6 is 11.6 Å². The molecule has 0 radical (unpaired) electrons. The molecule has 1 aromatic rings. The molecule has 1 atom stereocenters. The Balaban J connectivity index is 2.72. The van der Waals surface area contributed by atoms with Gasteiger partial charge in [-0.15, -0.1) is 0 Å². The standard InChI is InChI=1S/C13H16ClNO4/c1-8(11(16)17)15-12(18)13(2,3)19-10-6-4-9(14)5-7-10/h4-8H,1-3H3,(H,15,18)(H,16,17)/t8-/m1/s1. The molecule has 0 spiro atoms. The molecular formula is C13H16ClNO4. The molecule has 0 aromatic heterocycles. The first kappa shape index (κ1) is 15.3. The number of hydrogen-bond donors (Lipinski definition) is 2. The van der Waals surface area contributed by atoms with E-state index in [2.05, 4.69) is 5.32 Å². The number of nitrogens with one attached hydrogen (secondary N) is 1. The molecule has 0 aliphatic heterocycles. The van der Waals surface area contributed by atoms with Gasteiger partial charge in [-0.2, -0.15) is 0 Å². The summed E-state index contributed by atoms with van der Waals surface area (Å²) in [6, 6.07) is 5.59. The van der Waals surface area contributed by atoms with Crippen LogP contribution < -0.4 is 10.1 Å². The molecule has 19 heavy (non-hydrogen) atoms. The minimum Gasteiger partial charge on any atom is -0.480 e. The third-order valence-electron chi connectivity index (χ3n) is 2.45. The fourth-order valence-electron chi connectivity index (χ4n) is 1.28. The number of ether oxygens (including phenoxy) is 1. The quantitative estimate of drug-likeness (QED) is 0.868. The van der Waals surface area contributed by atoms with Gasteiger partial charge in [-0.3, -0.25) is 9.59 Å². The Morgan fingerprint density at radius 3 is 2.32 bits per heavy atom. The normalized spacial score (nSPS) is 12.6. The summed E-state index contributed by atoms with van der Waals surface area (Å²) in [4.78, 5) is 22.6. The summed E-state index contributed by atoms with van der Waals surface area (Å²) in [5, 5.41) is 11.7. The highest BCUT2D eigenvalue weighted by Crippen LogP contribution is 2.21. The maximum atomic E-state index is 11.9. The summed E-state index contributed by atoms with van der Waals surface area (Å²) < 4.78 is 5.54. The number of carboxylic acids is 1. The predicted molar refractivity (Wildman–Crippen MR) is 71.4 cm³/mol. The van der Waals surface area contributed by atoms with E-state index in [-0.39, 0.29) is 0 Å². The van der Waals surface area contributed by atoms with Gasteiger partial charge in [0.1, 0.15) is 11.8 Å². The van der Waals surface area contributed by atoms with E-state index >= 15 is 0 Å². The van der Waals surface area contributed by atoms with Crippen LogP contribution in [0.4, 0.5) is 0 Å². The zero-order valence-electron chi connectivity index (χ0n) is 10.9. The van der Waals surface area contributed by atoms with E-state index in [4.69, 9.17) is 21.4 Å². The molecule has 1 aromatic carbocycles. The lowest BCUT2D eigenvalue weighted by Crippen LogP contribution is -2.51. The highest BCUT2D eigenvalue weighted by molar-refractivity contribution is 6.30. The van der Waals surface area contributed by atoms with Crippen LogP contribution in [-0.2, 0) is 9.59 Å². The van der Waals surface area contributed by atoms with Crippen LogP contribution in [-0.4, -0.2) is 28.6 Å². The van der Waals surface area contributed by atoms with Crippen molar-refractivity contribution >= 4 is 23.5 Å². The maximum Gasteiger partial charge on any atom is 0.325 e. The molecular weight excluding hydrogens is 270 g/mol. The van der Waals surface area contributed by atoms with Crippen molar-refractivity contribution in [2.45, 2.75) is 32.4 Å². The number of carbonyl (C=O) groups is 2. The fraction of sp³-hybridized carbons (Fsp3) is 0.385. The second-order valence-electron chi connectivity index (χ2n) is 4.60. The molecule has 0 heterocycles. The van der Waals surface area contributed by atoms with Gasteiger partial charge in [0.2, 0.25) is 0 Å². The topological polar surface area (TPSA) is 75.6 Å². The van der Waals surface area contributed by atoms with Crippen molar-refractivity contribution in [2.75, 3.05) is 0 Å². The second-order valence-corrected chi connectivity index (χ2v) is 5.04. The third kappa shape index (κ3) is 4.44. The van der Waals surface area contributed by atoms with Gasteiger partial charge < -0.3 is 15.2 Å². The van der Waals surface area contributed by atoms with Gasteiger partial charge in [0, 0.05) is 5.02 Å². The smallest absolute Gasteiger partial charge is 0.325 e. The maximum absolute atomic E-state index is 11.9. The van der Waals surface area contributed by atoms with Crippen molar-refractivity contribution in [3.05, 3.63) is 29.3 Å². The molecule has 0 fully saturated rings. The van der Waals surface area contributed by atoms with Crippen molar-refractivity contribution in [1.29, 1.82) is 0 Å². The van der Waals surface area contributed by atoms with E-state index in [9.17, 15) is 9.59 Å². The van der Waals surface area contributed by atoms with Crippen molar-refractivity contribution in [3.8, 4) is 5.75 Å². The van der Waals surface area contributed by atoms with Gasteiger partial charge in [0.25, 0.3) is 5.91 Å². The Morgan fingerprint density at radius 2 is 1.84 bits per heavy atom. The van der Waals surface area contributed by atoms with E-state index in [0.717, 1.165) is 0 Å². The Bertz CT molecular complexity index is 470. The molecule has 104 valence electrons. The Kier molecular flexibility index (Phi) is 4.78. The average Bonchev–Trinajstić information content (AvgIpc) is 2.31. The molecule has 0 aliphatic carbocycles. The molecule has 6 heteroatoms. The second kappa shape index (κ2) is 5.93. The Hall–Kier alpha value is -1.75. The van der Waals surface area contributed by atoms with Crippen LogP contribution in [0.3, 0.4) is 0 Å². The zero-order valence-corrected chi connectivity index (χ0v) is 11.7. The Labute approximate surface area is 116 Å². The average molecular weight is 286 g/mol. The lowest BCUT2D eigenvalue weighted by molar-refractivity contribution is -0.144. The van der Waals surface area contributed by atoms with Crippen molar-refractivity contribution in [3.63, 3.8) is 0 Å². The lowest BCUT2D eigenvalue weighted by Gasteiger charge is -2.26. The number of benzene rings is 1.